The van der Waals surface area contributed by atoms with Gasteiger partial charge in [-0.15, -0.1) is 0 Å². The molecule has 0 bridgehead atoms. The van der Waals surface area contributed by atoms with Crippen molar-refractivity contribution in [2.24, 2.45) is 0 Å². The van der Waals surface area contributed by atoms with Gasteiger partial charge in [-0.25, -0.2) is 4.79 Å². The second kappa shape index (κ2) is 4.95. The summed E-state index contributed by atoms with van der Waals surface area (Å²) in [5.74, 6) is -0.797. The van der Waals surface area contributed by atoms with Gasteiger partial charge in [-0.3, -0.25) is 4.79 Å². The summed E-state index contributed by atoms with van der Waals surface area (Å²) in [6, 6.07) is 5.54. The maximum Gasteiger partial charge on any atom is 0.323 e. The monoisotopic (exact) mass is 249 g/mol. The Hall–Kier alpha value is -2.24. The van der Waals surface area contributed by atoms with Crippen LogP contribution >= 0.6 is 0 Å². The van der Waals surface area contributed by atoms with Gasteiger partial charge >= 0.3 is 11.7 Å². The van der Waals surface area contributed by atoms with Crippen molar-refractivity contribution in [2.45, 2.75) is 25.8 Å². The first-order chi connectivity index (χ1) is 8.54. The van der Waals surface area contributed by atoms with Gasteiger partial charge in [0.25, 0.3) is 0 Å². The van der Waals surface area contributed by atoms with Crippen LogP contribution in [0.3, 0.4) is 0 Å². The molecule has 0 amide bonds. The number of hydrogen-bond acceptors (Lipinski definition) is 3. The largest absolute Gasteiger partial charge is 0.481 e. The van der Waals surface area contributed by atoms with E-state index in [1.165, 1.54) is 0 Å². The number of hydrogen-bond donors (Lipinski definition) is 4. The van der Waals surface area contributed by atoms with Crippen LogP contribution < -0.4 is 11.0 Å². The van der Waals surface area contributed by atoms with E-state index in [2.05, 4.69) is 15.3 Å². The van der Waals surface area contributed by atoms with Crippen molar-refractivity contribution in [3.8, 4) is 0 Å². The van der Waals surface area contributed by atoms with Crippen LogP contribution in [0.5, 0.6) is 0 Å². The minimum atomic E-state index is -0.797. The van der Waals surface area contributed by atoms with Crippen molar-refractivity contribution >= 4 is 22.7 Å². The second-order valence-electron chi connectivity index (χ2n) is 4.32. The van der Waals surface area contributed by atoms with Gasteiger partial charge in [0.2, 0.25) is 0 Å². The number of carboxylic acid groups (broad SMARTS) is 1. The summed E-state index contributed by atoms with van der Waals surface area (Å²) in [5.41, 5.74) is 2.11. The molecule has 6 nitrogen and oxygen atoms in total. The number of carbonyl (C=O) groups is 1. The Bertz CT molecular complexity index is 614. The van der Waals surface area contributed by atoms with Crippen LogP contribution in [0, 0.1) is 0 Å². The highest BCUT2D eigenvalue weighted by Gasteiger charge is 2.06. The van der Waals surface area contributed by atoms with E-state index in [9.17, 15) is 9.59 Å². The van der Waals surface area contributed by atoms with Gasteiger partial charge in [0.1, 0.15) is 0 Å². The van der Waals surface area contributed by atoms with E-state index < -0.39 is 5.97 Å². The predicted molar refractivity (Wildman–Crippen MR) is 68.9 cm³/mol. The first kappa shape index (κ1) is 12.2. The molecule has 0 radical (unpaired) electrons. The summed E-state index contributed by atoms with van der Waals surface area (Å²) in [7, 11) is 0. The highest BCUT2D eigenvalue weighted by atomic mass is 16.4. The molecule has 0 saturated carbocycles. The van der Waals surface area contributed by atoms with Gasteiger partial charge in [0, 0.05) is 18.2 Å². The Morgan fingerprint density at radius 3 is 2.83 bits per heavy atom. The summed E-state index contributed by atoms with van der Waals surface area (Å²) in [6.07, 6.45) is 0.689. The zero-order valence-corrected chi connectivity index (χ0v) is 9.99. The standard InChI is InChI=1S/C12H15N3O3/c1-7(2-5-11(16)17)13-8-3-4-9-10(6-8)15-12(18)14-9/h3-4,6-7,13H,2,5H2,1H3,(H,16,17)(H2,14,15,18). The Morgan fingerprint density at radius 2 is 2.11 bits per heavy atom. The summed E-state index contributed by atoms with van der Waals surface area (Å²) >= 11 is 0. The molecule has 0 saturated heterocycles. The second-order valence-corrected chi connectivity index (χ2v) is 4.32. The van der Waals surface area contributed by atoms with Crippen LogP contribution in [0.25, 0.3) is 11.0 Å². The molecule has 0 aliphatic heterocycles. The molecule has 0 fully saturated rings. The SMILES string of the molecule is CC(CCC(=O)O)Nc1ccc2[nH]c(=O)[nH]c2c1. The molecule has 0 spiro atoms. The molecule has 1 aromatic heterocycles. The lowest BCUT2D eigenvalue weighted by atomic mass is 10.1. The fraction of sp³-hybridized carbons (Fsp3) is 0.333. The molecule has 96 valence electrons. The molecular formula is C12H15N3O3. The molecule has 1 atom stereocenters. The molecule has 2 rings (SSSR count). The van der Waals surface area contributed by atoms with Gasteiger partial charge in [-0.1, -0.05) is 0 Å². The number of anilines is 1. The number of aromatic nitrogens is 2. The van der Waals surface area contributed by atoms with Crippen LogP contribution in [-0.2, 0) is 4.79 Å². The van der Waals surface area contributed by atoms with Gasteiger partial charge in [-0.2, -0.15) is 0 Å². The molecule has 6 heteroatoms. The van der Waals surface area contributed by atoms with Gasteiger partial charge in [0.15, 0.2) is 0 Å². The summed E-state index contributed by atoms with van der Waals surface area (Å²) in [5, 5.41) is 11.8. The molecule has 1 unspecified atom stereocenters. The lowest BCUT2D eigenvalue weighted by molar-refractivity contribution is -0.137. The fourth-order valence-electron chi connectivity index (χ4n) is 1.82. The molecule has 1 aromatic carbocycles. The molecular weight excluding hydrogens is 234 g/mol. The average Bonchev–Trinajstić information content (AvgIpc) is 2.66. The number of aliphatic carboxylic acids is 1. The Balaban J connectivity index is 2.06. The lowest BCUT2D eigenvalue weighted by Crippen LogP contribution is -2.16. The van der Waals surface area contributed by atoms with Crippen LogP contribution in [0.4, 0.5) is 5.69 Å². The molecule has 4 N–H and O–H groups in total. The highest BCUT2D eigenvalue weighted by Crippen LogP contribution is 2.16. The topological polar surface area (TPSA) is 98.0 Å². The third-order valence-electron chi connectivity index (χ3n) is 2.72. The summed E-state index contributed by atoms with van der Waals surface area (Å²) < 4.78 is 0. The first-order valence-electron chi connectivity index (χ1n) is 5.75. The predicted octanol–water partition coefficient (Wildman–Crippen LogP) is 1.52. The van der Waals surface area contributed by atoms with E-state index >= 15 is 0 Å². The number of rotatable bonds is 5. The van der Waals surface area contributed by atoms with Crippen molar-refractivity contribution in [1.82, 2.24) is 9.97 Å². The molecule has 2 aromatic rings. The zero-order chi connectivity index (χ0) is 13.1. The van der Waals surface area contributed by atoms with Crippen molar-refractivity contribution in [3.63, 3.8) is 0 Å². The lowest BCUT2D eigenvalue weighted by Gasteiger charge is -2.14. The highest BCUT2D eigenvalue weighted by molar-refractivity contribution is 5.78. The first-order valence-corrected chi connectivity index (χ1v) is 5.75. The number of fused-ring (bicyclic) bond motifs is 1. The maximum absolute atomic E-state index is 11.1. The minimum Gasteiger partial charge on any atom is -0.481 e. The number of carboxylic acids is 1. The zero-order valence-electron chi connectivity index (χ0n) is 9.99. The Labute approximate surface area is 103 Å². The van der Waals surface area contributed by atoms with E-state index in [-0.39, 0.29) is 18.2 Å². The maximum atomic E-state index is 11.1. The summed E-state index contributed by atoms with van der Waals surface area (Å²) in [4.78, 5) is 26.9. The smallest absolute Gasteiger partial charge is 0.323 e. The number of benzene rings is 1. The normalized spacial score (nSPS) is 12.5. The third-order valence-corrected chi connectivity index (χ3v) is 2.72. The molecule has 18 heavy (non-hydrogen) atoms. The van der Waals surface area contributed by atoms with E-state index in [0.29, 0.717) is 6.42 Å². The quantitative estimate of drug-likeness (QED) is 0.645. The Morgan fingerprint density at radius 1 is 1.39 bits per heavy atom. The van der Waals surface area contributed by atoms with Crippen LogP contribution in [0.15, 0.2) is 23.0 Å². The van der Waals surface area contributed by atoms with E-state index in [1.807, 2.05) is 19.1 Å². The number of aromatic amines is 2. The van der Waals surface area contributed by atoms with Crippen molar-refractivity contribution in [2.75, 3.05) is 5.32 Å². The van der Waals surface area contributed by atoms with E-state index in [1.54, 1.807) is 6.07 Å². The van der Waals surface area contributed by atoms with Gasteiger partial charge < -0.3 is 20.4 Å². The van der Waals surface area contributed by atoms with Crippen LogP contribution in [0.1, 0.15) is 19.8 Å². The van der Waals surface area contributed by atoms with Crippen molar-refractivity contribution < 1.29 is 9.90 Å². The van der Waals surface area contributed by atoms with Crippen LogP contribution in [-0.4, -0.2) is 27.1 Å². The van der Waals surface area contributed by atoms with Crippen LogP contribution in [0.2, 0.25) is 0 Å². The van der Waals surface area contributed by atoms with Crippen molar-refractivity contribution in [1.29, 1.82) is 0 Å². The summed E-state index contributed by atoms with van der Waals surface area (Å²) in [6.45, 7) is 1.92. The third kappa shape index (κ3) is 2.91. The van der Waals surface area contributed by atoms with Gasteiger partial charge in [0.05, 0.1) is 11.0 Å². The number of imidazole rings is 1. The van der Waals surface area contributed by atoms with E-state index in [0.717, 1.165) is 16.7 Å². The Kier molecular flexibility index (Phi) is 3.36. The molecule has 1 heterocycles. The minimum absolute atomic E-state index is 0.0595. The average molecular weight is 249 g/mol. The molecule has 0 aliphatic rings. The number of H-pyrrole nitrogens is 2. The molecule has 0 aliphatic carbocycles. The van der Waals surface area contributed by atoms with Gasteiger partial charge in [-0.05, 0) is 31.5 Å². The number of nitrogens with one attached hydrogen (secondary N) is 3. The van der Waals surface area contributed by atoms with E-state index in [4.69, 9.17) is 5.11 Å². The fourth-order valence-corrected chi connectivity index (χ4v) is 1.82. The van der Waals surface area contributed by atoms with Crippen molar-refractivity contribution in [3.05, 3.63) is 28.7 Å².